The first-order chi connectivity index (χ1) is 10.2. The minimum Gasteiger partial charge on any atom is -0.480 e. The molecule has 116 valence electrons. The topological polar surface area (TPSA) is 78.7 Å². The molecule has 1 aromatic rings. The average Bonchev–Trinajstić information content (AvgIpc) is 2.91. The molecule has 1 aliphatic carbocycles. The average molecular weight is 292 g/mol. The Balaban J connectivity index is 1.96. The quantitative estimate of drug-likeness (QED) is 0.587. The molecule has 0 radical (unpaired) electrons. The highest BCUT2D eigenvalue weighted by Crippen LogP contribution is 2.17. The molecule has 3 N–H and O–H groups in total. The van der Waals surface area contributed by atoms with E-state index in [9.17, 15) is 4.79 Å². The van der Waals surface area contributed by atoms with Crippen LogP contribution in [-0.2, 0) is 4.79 Å². The van der Waals surface area contributed by atoms with Crippen LogP contribution < -0.4 is 10.7 Å². The zero-order valence-corrected chi connectivity index (χ0v) is 12.3. The molecule has 0 amide bonds. The number of carboxylic acids is 1. The molecule has 1 heterocycles. The Hall–Kier alpha value is -1.98. The lowest BCUT2D eigenvalue weighted by molar-refractivity contribution is -0.135. The third-order valence-electron chi connectivity index (χ3n) is 3.66. The molecule has 0 bridgehead atoms. The van der Waals surface area contributed by atoms with E-state index < -0.39 is 5.97 Å². The highest BCUT2D eigenvalue weighted by atomic mass is 16.4. The van der Waals surface area contributed by atoms with E-state index in [4.69, 9.17) is 5.11 Å². The second kappa shape index (κ2) is 8.34. The van der Waals surface area contributed by atoms with Crippen molar-refractivity contribution in [2.24, 2.45) is 4.99 Å². The Morgan fingerprint density at radius 2 is 1.76 bits per heavy atom. The van der Waals surface area contributed by atoms with Crippen LogP contribution in [-0.4, -0.2) is 34.3 Å². The van der Waals surface area contributed by atoms with Gasteiger partial charge in [-0.15, -0.1) is 0 Å². The number of aromatic nitrogens is 1. The molecule has 6 nitrogen and oxygen atoms in total. The SMILES string of the molecule is O=C(O)CN=C(NC1CCCCCCC1)Nn1cccc1. The Labute approximate surface area is 125 Å². The molecular weight excluding hydrogens is 268 g/mol. The number of nitrogens with one attached hydrogen (secondary N) is 2. The van der Waals surface area contributed by atoms with E-state index >= 15 is 0 Å². The molecule has 0 saturated heterocycles. The Morgan fingerprint density at radius 3 is 2.38 bits per heavy atom. The molecule has 1 saturated carbocycles. The maximum absolute atomic E-state index is 10.7. The van der Waals surface area contributed by atoms with Gasteiger partial charge in [-0.25, -0.2) is 4.99 Å². The molecule has 0 spiro atoms. The lowest BCUT2D eigenvalue weighted by Crippen LogP contribution is -2.42. The summed E-state index contributed by atoms with van der Waals surface area (Å²) in [6, 6.07) is 4.16. The molecule has 1 aliphatic rings. The fourth-order valence-electron chi connectivity index (χ4n) is 2.59. The predicted molar refractivity (Wildman–Crippen MR) is 83.0 cm³/mol. The summed E-state index contributed by atoms with van der Waals surface area (Å²) < 4.78 is 1.76. The van der Waals surface area contributed by atoms with E-state index in [-0.39, 0.29) is 6.54 Å². The number of nitrogens with zero attached hydrogens (tertiary/aromatic N) is 2. The summed E-state index contributed by atoms with van der Waals surface area (Å²) in [5, 5.41) is 12.2. The molecular formula is C15H24N4O2. The first-order valence-corrected chi connectivity index (χ1v) is 7.67. The van der Waals surface area contributed by atoms with Gasteiger partial charge in [0.2, 0.25) is 5.96 Å². The van der Waals surface area contributed by atoms with Crippen molar-refractivity contribution in [1.29, 1.82) is 0 Å². The van der Waals surface area contributed by atoms with Gasteiger partial charge in [0.25, 0.3) is 0 Å². The van der Waals surface area contributed by atoms with Crippen molar-refractivity contribution < 1.29 is 9.90 Å². The Bertz CT molecular complexity index is 448. The van der Waals surface area contributed by atoms with Crippen LogP contribution in [0.1, 0.15) is 44.9 Å². The van der Waals surface area contributed by atoms with Crippen LogP contribution in [0.2, 0.25) is 0 Å². The number of guanidine groups is 1. The van der Waals surface area contributed by atoms with Gasteiger partial charge >= 0.3 is 5.97 Å². The monoisotopic (exact) mass is 292 g/mol. The molecule has 0 aromatic carbocycles. The maximum Gasteiger partial charge on any atom is 0.325 e. The van der Waals surface area contributed by atoms with Gasteiger partial charge in [0.1, 0.15) is 6.54 Å². The van der Waals surface area contributed by atoms with Crippen LogP contribution in [0.4, 0.5) is 0 Å². The van der Waals surface area contributed by atoms with Crippen molar-refractivity contribution in [2.45, 2.75) is 51.0 Å². The molecule has 0 aliphatic heterocycles. The summed E-state index contributed by atoms with van der Waals surface area (Å²) in [6.07, 6.45) is 12.3. The van der Waals surface area contributed by atoms with Crippen molar-refractivity contribution in [3.8, 4) is 0 Å². The van der Waals surface area contributed by atoms with Gasteiger partial charge in [-0.05, 0) is 25.0 Å². The van der Waals surface area contributed by atoms with Gasteiger partial charge in [0, 0.05) is 18.4 Å². The number of hydrogen-bond acceptors (Lipinski definition) is 2. The number of aliphatic carboxylic acids is 1. The molecule has 6 heteroatoms. The van der Waals surface area contributed by atoms with Gasteiger partial charge in [0.15, 0.2) is 0 Å². The molecule has 1 fully saturated rings. The molecule has 1 aromatic heterocycles. The van der Waals surface area contributed by atoms with E-state index in [2.05, 4.69) is 15.7 Å². The zero-order chi connectivity index (χ0) is 14.9. The fraction of sp³-hybridized carbons (Fsp3) is 0.600. The minimum absolute atomic E-state index is 0.233. The van der Waals surface area contributed by atoms with Crippen LogP contribution in [0.15, 0.2) is 29.5 Å². The van der Waals surface area contributed by atoms with Crippen LogP contribution in [0.3, 0.4) is 0 Å². The third-order valence-corrected chi connectivity index (χ3v) is 3.66. The van der Waals surface area contributed by atoms with Crippen LogP contribution in [0.5, 0.6) is 0 Å². The van der Waals surface area contributed by atoms with Crippen molar-refractivity contribution in [3.63, 3.8) is 0 Å². The first-order valence-electron chi connectivity index (χ1n) is 7.67. The van der Waals surface area contributed by atoms with Crippen LogP contribution in [0.25, 0.3) is 0 Å². The van der Waals surface area contributed by atoms with Crippen LogP contribution in [0, 0.1) is 0 Å². The van der Waals surface area contributed by atoms with Crippen molar-refractivity contribution in [3.05, 3.63) is 24.5 Å². The van der Waals surface area contributed by atoms with E-state index in [1.165, 1.54) is 32.1 Å². The highest BCUT2D eigenvalue weighted by molar-refractivity contribution is 5.89. The van der Waals surface area contributed by atoms with Gasteiger partial charge in [0.05, 0.1) is 0 Å². The summed E-state index contributed by atoms with van der Waals surface area (Å²) in [5.41, 5.74) is 3.09. The summed E-state index contributed by atoms with van der Waals surface area (Å²) in [6.45, 7) is -0.233. The van der Waals surface area contributed by atoms with E-state index in [0.29, 0.717) is 12.0 Å². The van der Waals surface area contributed by atoms with E-state index in [0.717, 1.165) is 12.8 Å². The second-order valence-corrected chi connectivity index (χ2v) is 5.45. The largest absolute Gasteiger partial charge is 0.480 e. The summed E-state index contributed by atoms with van der Waals surface area (Å²) in [5.74, 6) is -0.402. The number of hydrogen-bond donors (Lipinski definition) is 3. The molecule has 21 heavy (non-hydrogen) atoms. The lowest BCUT2D eigenvalue weighted by Gasteiger charge is -2.23. The van der Waals surface area contributed by atoms with E-state index in [1.54, 1.807) is 4.68 Å². The van der Waals surface area contributed by atoms with Gasteiger partial charge in [-0.3, -0.25) is 14.9 Å². The zero-order valence-electron chi connectivity index (χ0n) is 12.3. The number of aliphatic imine (C=N–C) groups is 1. The summed E-state index contributed by atoms with van der Waals surface area (Å²) >= 11 is 0. The van der Waals surface area contributed by atoms with Crippen molar-refractivity contribution in [1.82, 2.24) is 9.99 Å². The number of carboxylic acid groups (broad SMARTS) is 1. The minimum atomic E-state index is -0.929. The molecule has 0 atom stereocenters. The molecule has 0 unspecified atom stereocenters. The van der Waals surface area contributed by atoms with Gasteiger partial charge in [-0.1, -0.05) is 32.1 Å². The standard InChI is InChI=1S/C15H24N4O2/c20-14(21)12-16-15(18-19-10-6-7-11-19)17-13-8-4-2-1-3-5-9-13/h6-7,10-11,13H,1-5,8-9,12H2,(H,20,21)(H2,16,17,18). The van der Waals surface area contributed by atoms with E-state index in [1.807, 2.05) is 24.5 Å². The van der Waals surface area contributed by atoms with Gasteiger partial charge < -0.3 is 10.4 Å². The highest BCUT2D eigenvalue weighted by Gasteiger charge is 2.13. The Kier molecular flexibility index (Phi) is 6.12. The number of rotatable bonds is 4. The smallest absolute Gasteiger partial charge is 0.325 e. The fourth-order valence-corrected chi connectivity index (χ4v) is 2.59. The predicted octanol–water partition coefficient (Wildman–Crippen LogP) is 2.17. The lowest BCUT2D eigenvalue weighted by atomic mass is 9.97. The van der Waals surface area contributed by atoms with Crippen molar-refractivity contribution in [2.75, 3.05) is 12.0 Å². The summed E-state index contributed by atoms with van der Waals surface area (Å²) in [7, 11) is 0. The maximum atomic E-state index is 10.7. The summed E-state index contributed by atoms with van der Waals surface area (Å²) in [4.78, 5) is 14.8. The Morgan fingerprint density at radius 1 is 1.14 bits per heavy atom. The van der Waals surface area contributed by atoms with Gasteiger partial charge in [-0.2, -0.15) is 0 Å². The van der Waals surface area contributed by atoms with Crippen LogP contribution >= 0.6 is 0 Å². The molecule has 2 rings (SSSR count). The normalized spacial score (nSPS) is 17.8. The number of carbonyl (C=O) groups is 1. The first kappa shape index (κ1) is 15.4. The van der Waals surface area contributed by atoms with Crippen molar-refractivity contribution >= 4 is 11.9 Å². The third kappa shape index (κ3) is 5.89. The second-order valence-electron chi connectivity index (χ2n) is 5.45.